The fourth-order valence-electron chi connectivity index (χ4n) is 1.32. The summed E-state index contributed by atoms with van der Waals surface area (Å²) >= 11 is 1.65. The zero-order chi connectivity index (χ0) is 10.8. The van der Waals surface area contributed by atoms with Crippen molar-refractivity contribution >= 4 is 11.3 Å². The van der Waals surface area contributed by atoms with Crippen molar-refractivity contribution in [1.29, 1.82) is 0 Å². The minimum absolute atomic E-state index is 0.0143. The van der Waals surface area contributed by atoms with E-state index in [4.69, 9.17) is 5.73 Å². The molecular weight excluding hydrogens is 204 g/mol. The molecule has 0 aliphatic rings. The molecule has 0 aliphatic carbocycles. The molecule has 2 nitrogen and oxygen atoms in total. The number of aryl methyl sites for hydroxylation is 1. The molecular formula is C12H14N2S. The highest BCUT2D eigenvalue weighted by Gasteiger charge is 2.06. The third-order valence-corrected chi connectivity index (χ3v) is 3.20. The Kier molecular flexibility index (Phi) is 2.84. The van der Waals surface area contributed by atoms with Gasteiger partial charge in [-0.15, -0.1) is 11.3 Å². The van der Waals surface area contributed by atoms with Crippen LogP contribution in [0, 0.1) is 6.92 Å². The molecule has 2 N–H and O–H groups in total. The number of hydrogen-bond acceptors (Lipinski definition) is 3. The van der Waals surface area contributed by atoms with E-state index in [2.05, 4.69) is 36.2 Å². The van der Waals surface area contributed by atoms with Crippen LogP contribution in [0.3, 0.4) is 0 Å². The quantitative estimate of drug-likeness (QED) is 0.841. The third kappa shape index (κ3) is 2.25. The van der Waals surface area contributed by atoms with E-state index in [1.165, 1.54) is 5.56 Å². The van der Waals surface area contributed by atoms with Gasteiger partial charge < -0.3 is 5.73 Å². The lowest BCUT2D eigenvalue weighted by atomic mass is 10.2. The number of thiazole rings is 1. The lowest BCUT2D eigenvalue weighted by molar-refractivity contribution is 0.790. The van der Waals surface area contributed by atoms with Crippen LogP contribution in [-0.2, 0) is 0 Å². The Balaban J connectivity index is 2.33. The second kappa shape index (κ2) is 4.13. The van der Waals surface area contributed by atoms with Gasteiger partial charge in [0, 0.05) is 17.0 Å². The monoisotopic (exact) mass is 218 g/mol. The minimum atomic E-state index is 0.0143. The van der Waals surface area contributed by atoms with Crippen molar-refractivity contribution in [1.82, 2.24) is 4.98 Å². The third-order valence-electron chi connectivity index (χ3n) is 2.29. The normalized spacial score (nSPS) is 12.7. The van der Waals surface area contributed by atoms with Crippen LogP contribution in [0.4, 0.5) is 0 Å². The Morgan fingerprint density at radius 2 is 1.93 bits per heavy atom. The molecule has 1 aromatic carbocycles. The summed E-state index contributed by atoms with van der Waals surface area (Å²) < 4.78 is 0. The number of hydrogen-bond donors (Lipinski definition) is 1. The van der Waals surface area contributed by atoms with Crippen molar-refractivity contribution in [3.63, 3.8) is 0 Å². The molecule has 1 heterocycles. The van der Waals surface area contributed by atoms with Crippen molar-refractivity contribution in [3.05, 3.63) is 40.9 Å². The fraction of sp³-hybridized carbons (Fsp3) is 0.250. The summed E-state index contributed by atoms with van der Waals surface area (Å²) in [5.74, 6) is 0. The molecule has 0 amide bonds. The van der Waals surface area contributed by atoms with E-state index in [9.17, 15) is 0 Å². The zero-order valence-corrected chi connectivity index (χ0v) is 9.71. The van der Waals surface area contributed by atoms with Crippen LogP contribution >= 0.6 is 11.3 Å². The lowest BCUT2D eigenvalue weighted by Gasteiger charge is -1.99. The van der Waals surface area contributed by atoms with Gasteiger partial charge in [0.1, 0.15) is 5.01 Å². The molecule has 0 radical (unpaired) electrons. The Labute approximate surface area is 93.8 Å². The average Bonchev–Trinajstić information content (AvgIpc) is 2.68. The summed E-state index contributed by atoms with van der Waals surface area (Å²) in [6.07, 6.45) is 0. The first-order valence-electron chi connectivity index (χ1n) is 4.95. The fourth-order valence-corrected chi connectivity index (χ4v) is 2.25. The highest BCUT2D eigenvalue weighted by molar-refractivity contribution is 7.13. The minimum Gasteiger partial charge on any atom is -0.323 e. The molecule has 2 aromatic rings. The summed E-state index contributed by atoms with van der Waals surface area (Å²) in [4.78, 5) is 4.50. The van der Waals surface area contributed by atoms with Gasteiger partial charge in [-0.25, -0.2) is 4.98 Å². The predicted octanol–water partition coefficient (Wildman–Crippen LogP) is 3.14. The van der Waals surface area contributed by atoms with Gasteiger partial charge in [0.2, 0.25) is 0 Å². The molecule has 15 heavy (non-hydrogen) atoms. The van der Waals surface area contributed by atoms with Crippen LogP contribution in [0.5, 0.6) is 0 Å². The number of rotatable bonds is 2. The largest absolute Gasteiger partial charge is 0.323 e. The average molecular weight is 218 g/mol. The second-order valence-corrected chi connectivity index (χ2v) is 4.59. The summed E-state index contributed by atoms with van der Waals surface area (Å²) in [7, 11) is 0. The van der Waals surface area contributed by atoms with E-state index in [0.717, 1.165) is 16.3 Å². The van der Waals surface area contributed by atoms with Gasteiger partial charge in [-0.05, 0) is 13.8 Å². The van der Waals surface area contributed by atoms with Crippen molar-refractivity contribution in [2.24, 2.45) is 5.73 Å². The van der Waals surface area contributed by atoms with E-state index in [0.29, 0.717) is 0 Å². The molecule has 3 heteroatoms. The van der Waals surface area contributed by atoms with E-state index >= 15 is 0 Å². The molecule has 1 atom stereocenters. The number of nitrogens with two attached hydrogens (primary N) is 1. The molecule has 0 unspecified atom stereocenters. The zero-order valence-electron chi connectivity index (χ0n) is 8.90. The number of benzene rings is 1. The van der Waals surface area contributed by atoms with Gasteiger partial charge in [0.15, 0.2) is 0 Å². The standard InChI is InChI=1S/C12H14N2S/c1-8-3-5-10(6-4-8)12-14-11(7-15-12)9(2)13/h3-7,9H,13H2,1-2H3/t9-/m1/s1. The van der Waals surface area contributed by atoms with Gasteiger partial charge in [-0.2, -0.15) is 0 Å². The topological polar surface area (TPSA) is 38.9 Å². The van der Waals surface area contributed by atoms with Crippen molar-refractivity contribution in [2.45, 2.75) is 19.9 Å². The first kappa shape index (κ1) is 10.3. The first-order chi connectivity index (χ1) is 7.16. The van der Waals surface area contributed by atoms with Crippen molar-refractivity contribution in [3.8, 4) is 10.6 Å². The predicted molar refractivity (Wildman–Crippen MR) is 64.9 cm³/mol. The Bertz CT molecular complexity index is 443. The van der Waals surface area contributed by atoms with Crippen molar-refractivity contribution < 1.29 is 0 Å². The molecule has 0 saturated heterocycles. The van der Waals surface area contributed by atoms with Crippen molar-refractivity contribution in [2.75, 3.05) is 0 Å². The maximum atomic E-state index is 5.77. The highest BCUT2D eigenvalue weighted by atomic mass is 32.1. The molecule has 0 fully saturated rings. The summed E-state index contributed by atoms with van der Waals surface area (Å²) in [5, 5.41) is 3.07. The van der Waals surface area contributed by atoms with Gasteiger partial charge in [0.25, 0.3) is 0 Å². The van der Waals surface area contributed by atoms with Crippen LogP contribution in [0.2, 0.25) is 0 Å². The maximum Gasteiger partial charge on any atom is 0.123 e. The second-order valence-electron chi connectivity index (χ2n) is 3.73. The Morgan fingerprint density at radius 3 is 2.47 bits per heavy atom. The molecule has 0 aliphatic heterocycles. The van der Waals surface area contributed by atoms with Gasteiger partial charge in [-0.3, -0.25) is 0 Å². The Morgan fingerprint density at radius 1 is 1.27 bits per heavy atom. The molecule has 0 saturated carbocycles. The first-order valence-corrected chi connectivity index (χ1v) is 5.83. The van der Waals surface area contributed by atoms with E-state index in [-0.39, 0.29) is 6.04 Å². The molecule has 0 spiro atoms. The molecule has 78 valence electrons. The maximum absolute atomic E-state index is 5.77. The summed E-state index contributed by atoms with van der Waals surface area (Å²) in [6.45, 7) is 4.03. The lowest BCUT2D eigenvalue weighted by Crippen LogP contribution is -2.04. The van der Waals surface area contributed by atoms with E-state index in [1.54, 1.807) is 11.3 Å². The van der Waals surface area contributed by atoms with Crippen LogP contribution in [-0.4, -0.2) is 4.98 Å². The van der Waals surface area contributed by atoms with E-state index in [1.807, 2.05) is 12.3 Å². The van der Waals surface area contributed by atoms with Gasteiger partial charge in [0.05, 0.1) is 5.69 Å². The summed E-state index contributed by atoms with van der Waals surface area (Å²) in [6, 6.07) is 8.41. The van der Waals surface area contributed by atoms with Crippen LogP contribution < -0.4 is 5.73 Å². The van der Waals surface area contributed by atoms with Gasteiger partial charge in [-0.1, -0.05) is 29.8 Å². The SMILES string of the molecule is Cc1ccc(-c2nc([C@@H](C)N)cs2)cc1. The molecule has 2 rings (SSSR count). The molecule has 0 bridgehead atoms. The van der Waals surface area contributed by atoms with Gasteiger partial charge >= 0.3 is 0 Å². The number of nitrogens with zero attached hydrogens (tertiary/aromatic N) is 1. The van der Waals surface area contributed by atoms with Crippen LogP contribution in [0.25, 0.3) is 10.6 Å². The smallest absolute Gasteiger partial charge is 0.123 e. The summed E-state index contributed by atoms with van der Waals surface area (Å²) in [5.41, 5.74) is 9.17. The molecule has 1 aromatic heterocycles. The van der Waals surface area contributed by atoms with Crippen LogP contribution in [0.15, 0.2) is 29.6 Å². The number of aromatic nitrogens is 1. The van der Waals surface area contributed by atoms with E-state index < -0.39 is 0 Å². The Hall–Kier alpha value is -1.19. The van der Waals surface area contributed by atoms with Crippen LogP contribution in [0.1, 0.15) is 24.2 Å². The highest BCUT2D eigenvalue weighted by Crippen LogP contribution is 2.25.